The van der Waals surface area contributed by atoms with Crippen molar-refractivity contribution in [1.29, 1.82) is 0 Å². The van der Waals surface area contributed by atoms with Crippen molar-refractivity contribution in [2.75, 3.05) is 26.2 Å². The monoisotopic (exact) mass is 525 g/mol. The molecule has 2 aromatic carbocycles. The molecule has 3 heterocycles. The number of sulfonamides is 1. The molecule has 1 aliphatic heterocycles. The van der Waals surface area contributed by atoms with Crippen molar-refractivity contribution in [3.63, 3.8) is 0 Å². The molecule has 168 valence electrons. The molecular weight excluding hydrogens is 506 g/mol. The normalized spacial score (nSPS) is 15.1. The smallest absolute Gasteiger partial charge is 0.255 e. The van der Waals surface area contributed by atoms with E-state index in [2.05, 4.69) is 25.9 Å². The lowest BCUT2D eigenvalue weighted by molar-refractivity contribution is 0.0697. The van der Waals surface area contributed by atoms with E-state index in [0.29, 0.717) is 24.5 Å². The summed E-state index contributed by atoms with van der Waals surface area (Å²) < 4.78 is 30.5. The minimum atomic E-state index is -3.65. The highest BCUT2D eigenvalue weighted by atomic mass is 79.9. The van der Waals surface area contributed by atoms with E-state index in [1.807, 2.05) is 24.3 Å². The highest BCUT2D eigenvalue weighted by Gasteiger charge is 2.30. The lowest BCUT2D eigenvalue weighted by Gasteiger charge is -2.34. The average molecular weight is 526 g/mol. The summed E-state index contributed by atoms with van der Waals surface area (Å²) >= 11 is 3.43. The standard InChI is InChI=1S/C23H20BrN5O3S/c24-20-4-1-18-14-21(5-2-17(18)13-20)33(31,32)29-11-9-27(10-12-29)23(30)19-3-6-22(26-15-19)28-8-7-25-16-28/h1-8,13-16H,9-12H2. The van der Waals surface area contributed by atoms with Gasteiger partial charge in [0.25, 0.3) is 5.91 Å². The zero-order valence-electron chi connectivity index (χ0n) is 17.5. The van der Waals surface area contributed by atoms with E-state index in [1.54, 1.807) is 52.5 Å². The molecule has 2 aromatic heterocycles. The zero-order valence-corrected chi connectivity index (χ0v) is 19.9. The highest BCUT2D eigenvalue weighted by molar-refractivity contribution is 9.10. The fourth-order valence-corrected chi connectivity index (χ4v) is 5.72. The molecule has 1 amide bonds. The van der Waals surface area contributed by atoms with Crippen LogP contribution in [0.1, 0.15) is 10.4 Å². The van der Waals surface area contributed by atoms with Gasteiger partial charge in [-0.15, -0.1) is 0 Å². The first-order valence-electron chi connectivity index (χ1n) is 10.3. The van der Waals surface area contributed by atoms with Crippen LogP contribution in [0, 0.1) is 0 Å². The molecule has 5 rings (SSSR count). The number of benzene rings is 2. The maximum absolute atomic E-state index is 13.2. The molecule has 1 saturated heterocycles. The number of imidazole rings is 1. The first kappa shape index (κ1) is 21.7. The number of amides is 1. The van der Waals surface area contributed by atoms with E-state index < -0.39 is 10.0 Å². The molecule has 1 fully saturated rings. The first-order valence-corrected chi connectivity index (χ1v) is 12.6. The fraction of sp³-hybridized carbons (Fsp3) is 0.174. The van der Waals surface area contributed by atoms with Crippen LogP contribution in [0.4, 0.5) is 0 Å². The van der Waals surface area contributed by atoms with Crippen molar-refractivity contribution in [3.05, 3.63) is 83.5 Å². The summed E-state index contributed by atoms with van der Waals surface area (Å²) in [6, 6.07) is 14.4. The SMILES string of the molecule is O=C(c1ccc(-n2ccnc2)nc1)N1CCN(S(=O)(=O)c2ccc3cc(Br)ccc3c2)CC1. The Hall–Kier alpha value is -3.08. The molecule has 10 heteroatoms. The molecule has 4 aromatic rings. The van der Waals surface area contributed by atoms with Crippen molar-refractivity contribution in [1.82, 2.24) is 23.7 Å². The predicted molar refractivity (Wildman–Crippen MR) is 128 cm³/mol. The van der Waals surface area contributed by atoms with E-state index in [4.69, 9.17) is 0 Å². The van der Waals surface area contributed by atoms with Gasteiger partial charge in [0.15, 0.2) is 0 Å². The summed E-state index contributed by atoms with van der Waals surface area (Å²) in [7, 11) is -3.65. The van der Waals surface area contributed by atoms with Gasteiger partial charge in [0, 0.05) is 49.2 Å². The van der Waals surface area contributed by atoms with Crippen molar-refractivity contribution in [2.24, 2.45) is 0 Å². The summed E-state index contributed by atoms with van der Waals surface area (Å²) in [5.41, 5.74) is 0.468. The van der Waals surface area contributed by atoms with Crippen molar-refractivity contribution >= 4 is 42.6 Å². The van der Waals surface area contributed by atoms with Crippen molar-refractivity contribution < 1.29 is 13.2 Å². The van der Waals surface area contributed by atoms with E-state index in [0.717, 1.165) is 15.2 Å². The molecule has 0 atom stereocenters. The number of hydrogen-bond acceptors (Lipinski definition) is 5. The molecule has 0 spiro atoms. The van der Waals surface area contributed by atoms with Gasteiger partial charge in [-0.25, -0.2) is 18.4 Å². The second kappa shape index (κ2) is 8.69. The van der Waals surface area contributed by atoms with Gasteiger partial charge < -0.3 is 4.90 Å². The largest absolute Gasteiger partial charge is 0.336 e. The van der Waals surface area contributed by atoms with Crippen LogP contribution < -0.4 is 0 Å². The van der Waals surface area contributed by atoms with Gasteiger partial charge in [0.2, 0.25) is 10.0 Å². The zero-order chi connectivity index (χ0) is 23.0. The molecule has 0 bridgehead atoms. The Bertz CT molecular complexity index is 1410. The number of carbonyl (C=O) groups excluding carboxylic acids is 1. The molecule has 0 N–H and O–H groups in total. The number of rotatable bonds is 4. The maximum atomic E-state index is 13.2. The molecule has 33 heavy (non-hydrogen) atoms. The Balaban J connectivity index is 1.27. The number of piperazine rings is 1. The van der Waals surface area contributed by atoms with Crippen LogP contribution in [0.3, 0.4) is 0 Å². The predicted octanol–water partition coefficient (Wildman–Crippen LogP) is 3.33. The topological polar surface area (TPSA) is 88.4 Å². The van der Waals surface area contributed by atoms with Crippen molar-refractivity contribution in [2.45, 2.75) is 4.90 Å². The highest BCUT2D eigenvalue weighted by Crippen LogP contribution is 2.25. The lowest BCUT2D eigenvalue weighted by Crippen LogP contribution is -2.50. The number of carbonyl (C=O) groups is 1. The summed E-state index contributed by atoms with van der Waals surface area (Å²) in [6.07, 6.45) is 6.61. The van der Waals surface area contributed by atoms with Crippen LogP contribution in [-0.2, 0) is 10.0 Å². The third kappa shape index (κ3) is 4.29. The number of pyridine rings is 1. The molecular formula is C23H20BrN5O3S. The van der Waals surface area contributed by atoms with E-state index in [9.17, 15) is 13.2 Å². The molecule has 0 saturated carbocycles. The summed E-state index contributed by atoms with van der Waals surface area (Å²) in [5, 5.41) is 1.83. The van der Waals surface area contributed by atoms with Crippen molar-refractivity contribution in [3.8, 4) is 5.82 Å². The van der Waals surface area contributed by atoms with Crippen LogP contribution in [0.25, 0.3) is 16.6 Å². The van der Waals surface area contributed by atoms with Gasteiger partial charge >= 0.3 is 0 Å². The average Bonchev–Trinajstić information content (AvgIpc) is 3.38. The Morgan fingerprint density at radius 2 is 1.70 bits per heavy atom. The van der Waals surface area contributed by atoms with Gasteiger partial charge in [-0.05, 0) is 47.2 Å². The second-order valence-electron chi connectivity index (χ2n) is 7.72. The van der Waals surface area contributed by atoms with Gasteiger partial charge in [-0.2, -0.15) is 4.31 Å². The third-order valence-electron chi connectivity index (χ3n) is 5.70. The Morgan fingerprint density at radius 1 is 0.939 bits per heavy atom. The minimum Gasteiger partial charge on any atom is -0.336 e. The number of hydrogen-bond donors (Lipinski definition) is 0. The van der Waals surface area contributed by atoms with Gasteiger partial charge in [0.05, 0.1) is 10.5 Å². The summed E-state index contributed by atoms with van der Waals surface area (Å²) in [6.45, 7) is 1.13. The summed E-state index contributed by atoms with van der Waals surface area (Å²) in [4.78, 5) is 23.1. The van der Waals surface area contributed by atoms with Gasteiger partial charge in [0.1, 0.15) is 12.1 Å². The Kier molecular flexibility index (Phi) is 5.73. The van der Waals surface area contributed by atoms with Crippen LogP contribution >= 0.6 is 15.9 Å². The van der Waals surface area contributed by atoms with Gasteiger partial charge in [-0.3, -0.25) is 9.36 Å². The molecule has 0 aliphatic carbocycles. The van der Waals surface area contributed by atoms with Crippen LogP contribution in [-0.4, -0.2) is 64.2 Å². The number of nitrogens with zero attached hydrogens (tertiary/aromatic N) is 5. The first-order chi connectivity index (χ1) is 15.9. The minimum absolute atomic E-state index is 0.159. The maximum Gasteiger partial charge on any atom is 0.255 e. The van der Waals surface area contributed by atoms with E-state index in [1.165, 1.54) is 10.5 Å². The van der Waals surface area contributed by atoms with Crippen LogP contribution in [0.5, 0.6) is 0 Å². The Labute approximate surface area is 199 Å². The fourth-order valence-electron chi connectivity index (χ4n) is 3.88. The molecule has 1 aliphatic rings. The number of aromatic nitrogens is 3. The number of halogens is 1. The molecule has 0 unspecified atom stereocenters. The Morgan fingerprint density at radius 3 is 2.39 bits per heavy atom. The molecule has 0 radical (unpaired) electrons. The second-order valence-corrected chi connectivity index (χ2v) is 10.6. The summed E-state index contributed by atoms with van der Waals surface area (Å²) in [5.74, 6) is 0.510. The quantitative estimate of drug-likeness (QED) is 0.407. The third-order valence-corrected chi connectivity index (χ3v) is 8.09. The van der Waals surface area contributed by atoms with Crippen LogP contribution in [0.15, 0.2) is 82.8 Å². The number of fused-ring (bicyclic) bond motifs is 1. The van der Waals surface area contributed by atoms with Gasteiger partial charge in [-0.1, -0.05) is 28.1 Å². The molecule has 8 nitrogen and oxygen atoms in total. The van der Waals surface area contributed by atoms with E-state index >= 15 is 0 Å². The van der Waals surface area contributed by atoms with E-state index in [-0.39, 0.29) is 23.9 Å². The van der Waals surface area contributed by atoms with Crippen LogP contribution in [0.2, 0.25) is 0 Å². The lowest BCUT2D eigenvalue weighted by atomic mass is 10.1.